The van der Waals surface area contributed by atoms with Crippen LogP contribution in [-0.4, -0.2) is 20.1 Å². The molecule has 4 nitrogen and oxygen atoms in total. The maximum Gasteiger partial charge on any atom is 0.224 e. The number of halogens is 1. The van der Waals surface area contributed by atoms with Gasteiger partial charge in [-0.05, 0) is 47.7 Å². The first-order chi connectivity index (χ1) is 11.6. The van der Waals surface area contributed by atoms with Gasteiger partial charge in [-0.1, -0.05) is 34.1 Å². The van der Waals surface area contributed by atoms with Gasteiger partial charge < -0.3 is 14.8 Å². The highest BCUT2D eigenvalue weighted by molar-refractivity contribution is 9.10. The summed E-state index contributed by atoms with van der Waals surface area (Å²) in [5.41, 5.74) is 2.21. The zero-order valence-corrected chi connectivity index (χ0v) is 15.3. The number of methoxy groups -OCH3 is 2. The minimum absolute atomic E-state index is 0.0753. The Labute approximate surface area is 150 Å². The Morgan fingerprint density at radius 1 is 1.12 bits per heavy atom. The second-order valence-electron chi connectivity index (χ2n) is 5.91. The Bertz CT molecular complexity index is 730. The molecule has 0 saturated heterocycles. The zero-order valence-electron chi connectivity index (χ0n) is 13.7. The fraction of sp³-hybridized carbons (Fsp3) is 0.316. The van der Waals surface area contributed by atoms with Gasteiger partial charge in [0.2, 0.25) is 5.91 Å². The molecule has 0 aromatic heterocycles. The molecule has 0 spiro atoms. The van der Waals surface area contributed by atoms with Gasteiger partial charge in [0.15, 0.2) is 11.5 Å². The lowest BCUT2D eigenvalue weighted by Gasteiger charge is -2.10. The van der Waals surface area contributed by atoms with Gasteiger partial charge in [-0.3, -0.25) is 4.79 Å². The Hall–Kier alpha value is -2.01. The third-order valence-electron chi connectivity index (χ3n) is 4.34. The van der Waals surface area contributed by atoms with Gasteiger partial charge in [0.05, 0.1) is 14.2 Å². The Kier molecular flexibility index (Phi) is 5.09. The summed E-state index contributed by atoms with van der Waals surface area (Å²) in [4.78, 5) is 12.3. The van der Waals surface area contributed by atoms with Gasteiger partial charge in [-0.15, -0.1) is 0 Å². The maximum atomic E-state index is 12.3. The summed E-state index contributed by atoms with van der Waals surface area (Å²) in [5, 5.41) is 3.02. The summed E-state index contributed by atoms with van der Waals surface area (Å²) in [6.45, 7) is 0.489. The number of nitrogens with one attached hydrogen (secondary N) is 1. The molecule has 1 N–H and O–H groups in total. The number of ether oxygens (including phenoxy) is 2. The highest BCUT2D eigenvalue weighted by Crippen LogP contribution is 2.47. The van der Waals surface area contributed by atoms with Gasteiger partial charge in [-0.25, -0.2) is 0 Å². The second kappa shape index (κ2) is 7.26. The van der Waals surface area contributed by atoms with Crippen molar-refractivity contribution in [1.82, 2.24) is 5.32 Å². The van der Waals surface area contributed by atoms with E-state index in [2.05, 4.69) is 33.4 Å². The molecule has 1 aliphatic carbocycles. The molecule has 2 aromatic carbocycles. The molecule has 126 valence electrons. The van der Waals surface area contributed by atoms with Gasteiger partial charge in [-0.2, -0.15) is 0 Å². The first-order valence-electron chi connectivity index (χ1n) is 7.86. The van der Waals surface area contributed by atoms with Crippen molar-refractivity contribution in [2.45, 2.75) is 18.9 Å². The summed E-state index contributed by atoms with van der Waals surface area (Å²) >= 11 is 3.43. The average Bonchev–Trinajstić information content (AvgIpc) is 3.40. The van der Waals surface area contributed by atoms with Crippen molar-refractivity contribution in [1.29, 1.82) is 0 Å². The van der Waals surface area contributed by atoms with Crippen LogP contribution in [0.25, 0.3) is 0 Å². The monoisotopic (exact) mass is 389 g/mol. The fourth-order valence-corrected chi connectivity index (χ4v) is 3.14. The molecule has 5 heteroatoms. The first kappa shape index (κ1) is 16.8. The van der Waals surface area contributed by atoms with E-state index in [1.165, 1.54) is 5.56 Å². The molecule has 0 radical (unpaired) electrons. The zero-order chi connectivity index (χ0) is 17.1. The van der Waals surface area contributed by atoms with E-state index in [9.17, 15) is 4.79 Å². The molecule has 2 unspecified atom stereocenters. The van der Waals surface area contributed by atoms with Crippen LogP contribution in [0.5, 0.6) is 11.5 Å². The van der Waals surface area contributed by atoms with Gasteiger partial charge >= 0.3 is 0 Å². The predicted molar refractivity (Wildman–Crippen MR) is 96.4 cm³/mol. The smallest absolute Gasteiger partial charge is 0.224 e. The van der Waals surface area contributed by atoms with Crippen molar-refractivity contribution in [3.63, 3.8) is 0 Å². The Morgan fingerprint density at radius 3 is 2.50 bits per heavy atom. The van der Waals surface area contributed by atoms with E-state index in [1.54, 1.807) is 14.2 Å². The first-order valence-corrected chi connectivity index (χ1v) is 8.65. The van der Waals surface area contributed by atoms with Crippen LogP contribution in [0.4, 0.5) is 0 Å². The largest absolute Gasteiger partial charge is 0.493 e. The topological polar surface area (TPSA) is 47.6 Å². The molecule has 3 rings (SSSR count). The third-order valence-corrected chi connectivity index (χ3v) is 4.87. The number of rotatable bonds is 6. The molecular weight excluding hydrogens is 370 g/mol. The highest BCUT2D eigenvalue weighted by atomic mass is 79.9. The van der Waals surface area contributed by atoms with Crippen LogP contribution in [0, 0.1) is 5.92 Å². The van der Waals surface area contributed by atoms with Gasteiger partial charge in [0.25, 0.3) is 0 Å². The molecule has 1 amide bonds. The minimum atomic E-state index is 0.0753. The molecule has 24 heavy (non-hydrogen) atoms. The summed E-state index contributed by atoms with van der Waals surface area (Å²) in [5.74, 6) is 1.88. The molecule has 0 heterocycles. The van der Waals surface area contributed by atoms with E-state index < -0.39 is 0 Å². The quantitative estimate of drug-likeness (QED) is 0.814. The number of carbonyl (C=O) groups excluding carboxylic acids is 1. The third kappa shape index (κ3) is 3.73. The van der Waals surface area contributed by atoms with Crippen molar-refractivity contribution in [3.05, 3.63) is 58.1 Å². The van der Waals surface area contributed by atoms with E-state index >= 15 is 0 Å². The van der Waals surface area contributed by atoms with Crippen LogP contribution in [0.15, 0.2) is 46.9 Å². The number of hydrogen-bond donors (Lipinski definition) is 1. The van der Waals surface area contributed by atoms with Crippen LogP contribution in [-0.2, 0) is 11.3 Å². The minimum Gasteiger partial charge on any atom is -0.493 e. The highest BCUT2D eigenvalue weighted by Gasteiger charge is 2.43. The molecule has 1 saturated carbocycles. The van der Waals surface area contributed by atoms with Crippen LogP contribution in [0.2, 0.25) is 0 Å². The van der Waals surface area contributed by atoms with Crippen molar-refractivity contribution in [3.8, 4) is 11.5 Å². The summed E-state index contributed by atoms with van der Waals surface area (Å²) in [7, 11) is 3.21. The number of hydrogen-bond acceptors (Lipinski definition) is 3. The summed E-state index contributed by atoms with van der Waals surface area (Å²) in [6.07, 6.45) is 0.916. The molecule has 1 fully saturated rings. The van der Waals surface area contributed by atoms with E-state index in [0.29, 0.717) is 24.0 Å². The summed E-state index contributed by atoms with van der Waals surface area (Å²) in [6, 6.07) is 13.9. The number of amides is 1. The SMILES string of the molecule is COc1ccc(CNC(=O)C2CC2c2ccc(Br)cc2)cc1OC. The van der Waals surface area contributed by atoms with Crippen LogP contribution >= 0.6 is 15.9 Å². The van der Waals surface area contributed by atoms with Crippen molar-refractivity contribution < 1.29 is 14.3 Å². The normalized spacial score (nSPS) is 18.8. The Balaban J connectivity index is 1.56. The molecule has 0 bridgehead atoms. The fourth-order valence-electron chi connectivity index (χ4n) is 2.87. The standard InChI is InChI=1S/C19H20BrNO3/c1-23-17-8-3-12(9-18(17)24-2)11-21-19(22)16-10-15(16)13-4-6-14(20)7-5-13/h3-9,15-16H,10-11H2,1-2H3,(H,21,22). The van der Waals surface area contributed by atoms with Crippen LogP contribution < -0.4 is 14.8 Å². The van der Waals surface area contributed by atoms with Crippen molar-refractivity contribution in [2.24, 2.45) is 5.92 Å². The van der Waals surface area contributed by atoms with Gasteiger partial charge in [0, 0.05) is 16.9 Å². The molecular formula is C19H20BrNO3. The molecule has 2 aromatic rings. The summed E-state index contributed by atoms with van der Waals surface area (Å²) < 4.78 is 11.6. The maximum absolute atomic E-state index is 12.3. The van der Waals surface area contributed by atoms with Gasteiger partial charge in [0.1, 0.15) is 0 Å². The lowest BCUT2D eigenvalue weighted by molar-refractivity contribution is -0.122. The van der Waals surface area contributed by atoms with E-state index in [0.717, 1.165) is 16.5 Å². The van der Waals surface area contributed by atoms with Crippen molar-refractivity contribution >= 4 is 21.8 Å². The Morgan fingerprint density at radius 2 is 1.83 bits per heavy atom. The van der Waals surface area contributed by atoms with Crippen molar-refractivity contribution in [2.75, 3.05) is 14.2 Å². The van der Waals surface area contributed by atoms with Crippen LogP contribution in [0.3, 0.4) is 0 Å². The number of benzene rings is 2. The average molecular weight is 390 g/mol. The molecule has 0 aliphatic heterocycles. The second-order valence-corrected chi connectivity index (χ2v) is 6.82. The lowest BCUT2D eigenvalue weighted by Crippen LogP contribution is -2.24. The van der Waals surface area contributed by atoms with Crippen LogP contribution in [0.1, 0.15) is 23.5 Å². The van der Waals surface area contributed by atoms with E-state index in [-0.39, 0.29) is 11.8 Å². The van der Waals surface area contributed by atoms with E-state index in [4.69, 9.17) is 9.47 Å². The lowest BCUT2D eigenvalue weighted by atomic mass is 10.1. The molecule has 1 aliphatic rings. The number of carbonyl (C=O) groups is 1. The van der Waals surface area contributed by atoms with E-state index in [1.807, 2.05) is 30.3 Å². The predicted octanol–water partition coefficient (Wildman–Crippen LogP) is 3.89. The molecule has 2 atom stereocenters.